The Hall–Kier alpha value is -2.45. The van der Waals surface area contributed by atoms with Crippen LogP contribution < -0.4 is 5.11 Å². The number of unbranched alkanes of at least 4 members (excludes halogenated alkanes) is 27. The zero-order valence-electron chi connectivity index (χ0n) is 39.9. The molecule has 0 aromatic heterocycles. The molecular weight excluding hydrogens is 751 g/mol. The number of hydrogen-bond donors (Lipinski definition) is 0. The van der Waals surface area contributed by atoms with Crippen molar-refractivity contribution in [3.8, 4) is 0 Å². The third-order valence-corrected chi connectivity index (χ3v) is 11.3. The minimum Gasteiger partial charge on any atom is -0.544 e. The van der Waals surface area contributed by atoms with Crippen LogP contribution in [0.5, 0.6) is 0 Å². The van der Waals surface area contributed by atoms with Gasteiger partial charge < -0.3 is 28.6 Å². The minimum absolute atomic E-state index is 0.0350. The van der Waals surface area contributed by atoms with E-state index in [2.05, 4.69) is 50.3 Å². The van der Waals surface area contributed by atoms with Crippen molar-refractivity contribution in [1.29, 1.82) is 0 Å². The maximum Gasteiger partial charge on any atom is 0.306 e. The van der Waals surface area contributed by atoms with Gasteiger partial charge in [-0.3, -0.25) is 9.59 Å². The Balaban J connectivity index is 4.29. The molecule has 0 spiro atoms. The number of carboxylic acids is 1. The highest BCUT2D eigenvalue weighted by Gasteiger charge is 2.25. The van der Waals surface area contributed by atoms with Crippen molar-refractivity contribution in [3.05, 3.63) is 36.5 Å². The smallest absolute Gasteiger partial charge is 0.306 e. The second-order valence-corrected chi connectivity index (χ2v) is 18.1. The van der Waals surface area contributed by atoms with E-state index in [1.807, 2.05) is 0 Å². The largest absolute Gasteiger partial charge is 0.544 e. The highest BCUT2D eigenvalue weighted by molar-refractivity contribution is 5.70. The Morgan fingerprint density at radius 3 is 1.28 bits per heavy atom. The number of esters is 2. The summed E-state index contributed by atoms with van der Waals surface area (Å²) < 4.78 is 17.2. The van der Waals surface area contributed by atoms with E-state index in [0.717, 1.165) is 64.2 Å². The van der Waals surface area contributed by atoms with Crippen LogP contribution in [0.2, 0.25) is 0 Å². The fourth-order valence-electron chi connectivity index (χ4n) is 7.43. The number of rotatable bonds is 45. The van der Waals surface area contributed by atoms with Crippen LogP contribution in [-0.4, -0.2) is 75.5 Å². The first-order chi connectivity index (χ1) is 29.1. The van der Waals surface area contributed by atoms with Crippen molar-refractivity contribution >= 4 is 17.9 Å². The molecule has 0 fully saturated rings. The maximum absolute atomic E-state index is 12.8. The van der Waals surface area contributed by atoms with Gasteiger partial charge in [-0.05, 0) is 38.5 Å². The van der Waals surface area contributed by atoms with Crippen molar-refractivity contribution in [2.45, 2.75) is 238 Å². The molecule has 0 heterocycles. The fourth-order valence-corrected chi connectivity index (χ4v) is 7.43. The summed E-state index contributed by atoms with van der Waals surface area (Å²) in [7, 11) is 5.41. The number of carboxylic acid groups (broad SMARTS) is 1. The molecule has 0 aliphatic carbocycles. The van der Waals surface area contributed by atoms with Gasteiger partial charge in [-0.1, -0.05) is 204 Å². The van der Waals surface area contributed by atoms with Crippen molar-refractivity contribution in [3.63, 3.8) is 0 Å². The quantitative estimate of drug-likeness (QED) is 0.0260. The number of ether oxygens (including phenoxy) is 3. The first-order valence-corrected chi connectivity index (χ1v) is 25.0. The molecule has 0 saturated carbocycles. The second-order valence-electron chi connectivity index (χ2n) is 18.1. The van der Waals surface area contributed by atoms with Gasteiger partial charge in [-0.15, -0.1) is 0 Å². The fraction of sp³-hybridized carbons (Fsp3) is 0.827. The lowest BCUT2D eigenvalue weighted by atomic mass is 10.0. The van der Waals surface area contributed by atoms with Crippen LogP contribution in [0.3, 0.4) is 0 Å². The van der Waals surface area contributed by atoms with Gasteiger partial charge in [0.1, 0.15) is 12.6 Å². The Morgan fingerprint density at radius 2 is 0.883 bits per heavy atom. The molecule has 2 atom stereocenters. The molecule has 2 unspecified atom stereocenters. The van der Waals surface area contributed by atoms with E-state index in [4.69, 9.17) is 14.2 Å². The van der Waals surface area contributed by atoms with Crippen LogP contribution in [0, 0.1) is 0 Å². The Kier molecular flexibility index (Phi) is 41.4. The van der Waals surface area contributed by atoms with Gasteiger partial charge in [0, 0.05) is 19.3 Å². The molecule has 60 heavy (non-hydrogen) atoms. The van der Waals surface area contributed by atoms with Gasteiger partial charge in [0.15, 0.2) is 6.10 Å². The van der Waals surface area contributed by atoms with Gasteiger partial charge >= 0.3 is 11.9 Å². The molecule has 0 radical (unpaired) electrons. The van der Waals surface area contributed by atoms with E-state index in [0.29, 0.717) is 12.8 Å². The average molecular weight is 846 g/mol. The molecule has 0 aromatic carbocycles. The SMILES string of the molecule is CCCCCCC/C=C/C=C/C=C/CCCCCCCC(=O)OC(COCCC(C(=O)[O-])[N+](C)(C)C)COC(=O)CCCCCCCCCCCCCCCCCCCC. The van der Waals surface area contributed by atoms with Gasteiger partial charge in [0.25, 0.3) is 0 Å². The van der Waals surface area contributed by atoms with Crippen molar-refractivity contribution in [1.82, 2.24) is 0 Å². The molecule has 0 aromatic rings. The number of likely N-dealkylation sites (N-methyl/N-ethyl adjacent to an activating group) is 1. The zero-order chi connectivity index (χ0) is 44.2. The molecule has 0 bridgehead atoms. The molecule has 0 amide bonds. The van der Waals surface area contributed by atoms with Gasteiger partial charge in [0.05, 0.1) is 40.3 Å². The third-order valence-electron chi connectivity index (χ3n) is 11.3. The predicted molar refractivity (Wildman–Crippen MR) is 250 cm³/mol. The van der Waals surface area contributed by atoms with E-state index in [-0.39, 0.29) is 42.7 Å². The molecule has 0 aliphatic rings. The number of hydrogen-bond acceptors (Lipinski definition) is 7. The van der Waals surface area contributed by atoms with E-state index in [1.54, 1.807) is 21.1 Å². The molecule has 0 N–H and O–H groups in total. The normalized spacial score (nSPS) is 13.2. The monoisotopic (exact) mass is 846 g/mol. The van der Waals surface area contributed by atoms with Gasteiger partial charge in [-0.25, -0.2) is 0 Å². The van der Waals surface area contributed by atoms with E-state index in [9.17, 15) is 19.5 Å². The van der Waals surface area contributed by atoms with Gasteiger partial charge in [-0.2, -0.15) is 0 Å². The van der Waals surface area contributed by atoms with Crippen LogP contribution in [0.1, 0.15) is 226 Å². The first kappa shape index (κ1) is 57.5. The molecule has 0 saturated heterocycles. The highest BCUT2D eigenvalue weighted by atomic mass is 16.6. The number of aliphatic carboxylic acids is 1. The summed E-state index contributed by atoms with van der Waals surface area (Å²) in [6, 6.07) is -0.729. The molecule has 0 rings (SSSR count). The van der Waals surface area contributed by atoms with Crippen LogP contribution in [0.25, 0.3) is 0 Å². The minimum atomic E-state index is -1.13. The topological polar surface area (TPSA) is 102 Å². The van der Waals surface area contributed by atoms with Crippen molar-refractivity contribution in [2.75, 3.05) is 41.0 Å². The van der Waals surface area contributed by atoms with E-state index >= 15 is 0 Å². The van der Waals surface area contributed by atoms with E-state index < -0.39 is 18.1 Å². The summed E-state index contributed by atoms with van der Waals surface area (Å²) >= 11 is 0. The number of carbonyl (C=O) groups excluding carboxylic acids is 3. The second kappa shape index (κ2) is 43.2. The lowest BCUT2D eigenvalue weighted by Crippen LogP contribution is -2.55. The van der Waals surface area contributed by atoms with Gasteiger partial charge in [0.2, 0.25) is 0 Å². The van der Waals surface area contributed by atoms with Crippen LogP contribution in [0.4, 0.5) is 0 Å². The van der Waals surface area contributed by atoms with E-state index in [1.165, 1.54) is 128 Å². The lowest BCUT2D eigenvalue weighted by molar-refractivity contribution is -0.889. The number of carbonyl (C=O) groups is 3. The number of allylic oxidation sites excluding steroid dienone is 6. The number of nitrogens with zero attached hydrogens (tertiary/aromatic N) is 1. The first-order valence-electron chi connectivity index (χ1n) is 25.0. The Labute approximate surface area is 370 Å². The molecular formula is C52H95NO7. The number of quaternary nitrogens is 1. The molecule has 8 heteroatoms. The third kappa shape index (κ3) is 40.9. The zero-order valence-corrected chi connectivity index (χ0v) is 39.9. The summed E-state index contributed by atoms with van der Waals surface area (Å²) in [6.07, 6.45) is 50.2. The van der Waals surface area contributed by atoms with Crippen LogP contribution >= 0.6 is 0 Å². The van der Waals surface area contributed by atoms with Crippen LogP contribution in [-0.2, 0) is 28.6 Å². The standard InChI is InChI=1S/C52H95NO7/c1-6-8-10-12-14-16-18-20-22-24-26-28-30-32-34-36-38-40-42-50(54)59-47-48(46-58-45-44-49(52(56)57)53(3,4)5)60-51(55)43-41-39-37-35-33-31-29-27-25-23-21-19-17-15-13-11-9-7-2/h19,21,23,25,27,29,48-49H,6-18,20,22,24,26,28,30-47H2,1-5H3/b21-19+,25-23+,29-27+. The van der Waals surface area contributed by atoms with Crippen molar-refractivity contribution < 1.29 is 38.2 Å². The molecule has 8 nitrogen and oxygen atoms in total. The van der Waals surface area contributed by atoms with Crippen molar-refractivity contribution in [2.24, 2.45) is 0 Å². The Bertz CT molecular complexity index is 1080. The maximum atomic E-state index is 12.8. The summed E-state index contributed by atoms with van der Waals surface area (Å²) in [6.45, 7) is 4.65. The average Bonchev–Trinajstić information content (AvgIpc) is 3.21. The summed E-state index contributed by atoms with van der Waals surface area (Å²) in [5.74, 6) is -1.75. The summed E-state index contributed by atoms with van der Waals surface area (Å²) in [4.78, 5) is 37.0. The molecule has 0 aliphatic heterocycles. The predicted octanol–water partition coefficient (Wildman–Crippen LogP) is 12.9. The highest BCUT2D eigenvalue weighted by Crippen LogP contribution is 2.16. The summed E-state index contributed by atoms with van der Waals surface area (Å²) in [5, 5.41) is 11.7. The molecule has 350 valence electrons. The summed E-state index contributed by atoms with van der Waals surface area (Å²) in [5.41, 5.74) is 0. The van der Waals surface area contributed by atoms with Crippen LogP contribution in [0.15, 0.2) is 36.5 Å². The Morgan fingerprint density at radius 1 is 0.500 bits per heavy atom. The lowest BCUT2D eigenvalue weighted by Gasteiger charge is -2.34.